The van der Waals surface area contributed by atoms with Gasteiger partial charge in [0.05, 0.1) is 0 Å². The van der Waals surface area contributed by atoms with Crippen LogP contribution in [0.4, 0.5) is 10.2 Å². The van der Waals surface area contributed by atoms with E-state index in [1.807, 2.05) is 0 Å². The maximum Gasteiger partial charge on any atom is 0.170 e. The van der Waals surface area contributed by atoms with Crippen LogP contribution in [0.5, 0.6) is 0 Å². The Bertz CT molecular complexity index is 465. The van der Waals surface area contributed by atoms with Crippen molar-refractivity contribution in [3.63, 3.8) is 0 Å². The van der Waals surface area contributed by atoms with Crippen molar-refractivity contribution in [1.29, 1.82) is 0 Å². The van der Waals surface area contributed by atoms with E-state index in [4.69, 9.17) is 0 Å². The molecule has 1 aromatic heterocycles. The van der Waals surface area contributed by atoms with Crippen molar-refractivity contribution in [2.45, 2.75) is 59.5 Å². The minimum Gasteiger partial charge on any atom is -0.354 e. The van der Waals surface area contributed by atoms with Crippen LogP contribution in [0.15, 0.2) is 12.3 Å². The van der Waals surface area contributed by atoms with Gasteiger partial charge in [-0.05, 0) is 24.3 Å². The summed E-state index contributed by atoms with van der Waals surface area (Å²) in [6, 6.07) is 2.12. The van der Waals surface area contributed by atoms with Gasteiger partial charge in [0.15, 0.2) is 11.6 Å². The third-order valence-corrected chi connectivity index (χ3v) is 4.78. The second-order valence-electron chi connectivity index (χ2n) is 6.79. The molecule has 2 rings (SSSR count). The van der Waals surface area contributed by atoms with Crippen LogP contribution in [0.2, 0.25) is 0 Å². The van der Waals surface area contributed by atoms with Crippen molar-refractivity contribution in [1.82, 2.24) is 10.3 Å². The smallest absolute Gasteiger partial charge is 0.170 e. The van der Waals surface area contributed by atoms with Gasteiger partial charge in [-0.2, -0.15) is 0 Å². The fourth-order valence-corrected chi connectivity index (χ4v) is 2.75. The lowest BCUT2D eigenvalue weighted by Crippen LogP contribution is -2.39. The molecular formula is C17H28FN3. The minimum absolute atomic E-state index is 0.161. The normalized spacial score (nSPS) is 18.3. The Labute approximate surface area is 127 Å². The average Bonchev–Trinajstić information content (AvgIpc) is 2.47. The zero-order valence-corrected chi connectivity index (χ0v) is 13.7. The van der Waals surface area contributed by atoms with E-state index in [1.165, 1.54) is 6.42 Å². The largest absolute Gasteiger partial charge is 0.354 e. The predicted molar refractivity (Wildman–Crippen MR) is 86.0 cm³/mol. The topological polar surface area (TPSA) is 28.2 Å². The van der Waals surface area contributed by atoms with E-state index in [2.05, 4.69) is 42.9 Å². The first-order valence-electron chi connectivity index (χ1n) is 8.07. The van der Waals surface area contributed by atoms with Crippen LogP contribution in [0.1, 0.15) is 52.5 Å². The fraction of sp³-hybridized carbons (Fsp3) is 0.706. The Morgan fingerprint density at radius 2 is 2.05 bits per heavy atom. The van der Waals surface area contributed by atoms with E-state index >= 15 is 0 Å². The molecule has 0 aliphatic carbocycles. The molecule has 0 saturated carbocycles. The van der Waals surface area contributed by atoms with Crippen LogP contribution < -0.4 is 10.2 Å². The van der Waals surface area contributed by atoms with Crippen molar-refractivity contribution in [3.05, 3.63) is 23.6 Å². The van der Waals surface area contributed by atoms with Gasteiger partial charge in [-0.25, -0.2) is 9.37 Å². The van der Waals surface area contributed by atoms with Gasteiger partial charge < -0.3 is 10.2 Å². The van der Waals surface area contributed by atoms with Crippen molar-refractivity contribution in [2.24, 2.45) is 5.41 Å². The highest BCUT2D eigenvalue weighted by atomic mass is 19.1. The highest BCUT2D eigenvalue weighted by molar-refractivity contribution is 5.43. The van der Waals surface area contributed by atoms with Crippen LogP contribution in [0, 0.1) is 11.2 Å². The third-order valence-electron chi connectivity index (χ3n) is 4.78. The van der Waals surface area contributed by atoms with Gasteiger partial charge in [0.25, 0.3) is 0 Å². The quantitative estimate of drug-likeness (QED) is 0.896. The van der Waals surface area contributed by atoms with Crippen LogP contribution in [0.3, 0.4) is 0 Å². The molecule has 118 valence electrons. The molecule has 0 spiro atoms. The average molecular weight is 293 g/mol. The molecule has 21 heavy (non-hydrogen) atoms. The minimum atomic E-state index is -0.161. The molecule has 1 N–H and O–H groups in total. The van der Waals surface area contributed by atoms with Gasteiger partial charge >= 0.3 is 0 Å². The highest BCUT2D eigenvalue weighted by Crippen LogP contribution is 2.35. The maximum atomic E-state index is 14.6. The van der Waals surface area contributed by atoms with Gasteiger partial charge in [-0.3, -0.25) is 0 Å². The van der Waals surface area contributed by atoms with E-state index in [0.717, 1.165) is 25.9 Å². The summed E-state index contributed by atoms with van der Waals surface area (Å²) in [4.78, 5) is 6.39. The lowest BCUT2D eigenvalue weighted by molar-refractivity contribution is 0.237. The Kier molecular flexibility index (Phi) is 5.20. The number of hydrogen-bond acceptors (Lipinski definition) is 3. The lowest BCUT2D eigenvalue weighted by Gasteiger charge is -2.39. The summed E-state index contributed by atoms with van der Waals surface area (Å²) >= 11 is 0. The first-order chi connectivity index (χ1) is 9.95. The van der Waals surface area contributed by atoms with E-state index in [-0.39, 0.29) is 5.82 Å². The summed E-state index contributed by atoms with van der Waals surface area (Å²) in [6.45, 7) is 11.1. The number of pyridine rings is 1. The Morgan fingerprint density at radius 1 is 1.38 bits per heavy atom. The van der Waals surface area contributed by atoms with Gasteiger partial charge in [0.1, 0.15) is 0 Å². The third kappa shape index (κ3) is 3.94. The van der Waals surface area contributed by atoms with E-state index < -0.39 is 0 Å². The summed E-state index contributed by atoms with van der Waals surface area (Å²) in [5.74, 6) is 0.363. The zero-order chi connectivity index (χ0) is 15.5. The summed E-state index contributed by atoms with van der Waals surface area (Å²) in [5, 5.41) is 3.27. The van der Waals surface area contributed by atoms with Crippen molar-refractivity contribution >= 4 is 5.82 Å². The fourth-order valence-electron chi connectivity index (χ4n) is 2.75. The van der Waals surface area contributed by atoms with Crippen LogP contribution in [-0.2, 0) is 6.54 Å². The van der Waals surface area contributed by atoms with Gasteiger partial charge in [-0.15, -0.1) is 0 Å². The molecule has 0 bridgehead atoms. The van der Waals surface area contributed by atoms with Crippen LogP contribution >= 0.6 is 0 Å². The summed E-state index contributed by atoms with van der Waals surface area (Å²) in [6.07, 6.45) is 5.14. The molecule has 1 saturated heterocycles. The monoisotopic (exact) mass is 293 g/mol. The molecule has 1 aliphatic heterocycles. The second-order valence-corrected chi connectivity index (χ2v) is 6.79. The number of nitrogens with one attached hydrogen (secondary N) is 1. The lowest BCUT2D eigenvalue weighted by atomic mass is 9.78. The predicted octanol–water partition coefficient (Wildman–Crippen LogP) is 3.74. The van der Waals surface area contributed by atoms with Gasteiger partial charge in [0, 0.05) is 37.4 Å². The number of piperidine rings is 1. The number of halogens is 1. The van der Waals surface area contributed by atoms with Gasteiger partial charge in [0.2, 0.25) is 0 Å². The number of hydrogen-bond donors (Lipinski definition) is 1. The molecule has 0 atom stereocenters. The van der Waals surface area contributed by atoms with E-state index in [0.29, 0.717) is 29.4 Å². The summed E-state index contributed by atoms with van der Waals surface area (Å²) in [7, 11) is 0. The van der Waals surface area contributed by atoms with E-state index in [1.54, 1.807) is 12.3 Å². The SMILES string of the molecule is CCC1(C)CCN(c2nccc(CNC(C)C)c2F)CC1. The summed E-state index contributed by atoms with van der Waals surface area (Å²) < 4.78 is 14.6. The molecule has 1 fully saturated rings. The van der Waals surface area contributed by atoms with Crippen molar-refractivity contribution in [3.8, 4) is 0 Å². The first kappa shape index (κ1) is 16.2. The molecule has 2 heterocycles. The second kappa shape index (κ2) is 6.73. The molecule has 3 nitrogen and oxygen atoms in total. The Hall–Kier alpha value is -1.16. The molecule has 0 aromatic carbocycles. The number of rotatable bonds is 5. The molecule has 4 heteroatoms. The molecule has 0 radical (unpaired) electrons. The standard InChI is InChI=1S/C17H28FN3/c1-5-17(4)7-10-21(11-8-17)16-15(18)14(6-9-19-16)12-20-13(2)3/h6,9,13,20H,5,7-8,10-12H2,1-4H3. The number of anilines is 1. The van der Waals surface area contributed by atoms with E-state index in [9.17, 15) is 4.39 Å². The molecule has 1 aliphatic rings. The maximum absolute atomic E-state index is 14.6. The zero-order valence-electron chi connectivity index (χ0n) is 13.7. The number of nitrogens with zero attached hydrogens (tertiary/aromatic N) is 2. The van der Waals surface area contributed by atoms with Crippen molar-refractivity contribution in [2.75, 3.05) is 18.0 Å². The summed E-state index contributed by atoms with van der Waals surface area (Å²) in [5.41, 5.74) is 1.11. The van der Waals surface area contributed by atoms with Crippen molar-refractivity contribution < 1.29 is 4.39 Å². The number of aromatic nitrogens is 1. The molecular weight excluding hydrogens is 265 g/mol. The first-order valence-corrected chi connectivity index (χ1v) is 8.07. The Balaban J connectivity index is 2.09. The molecule has 0 unspecified atom stereocenters. The molecule has 0 amide bonds. The van der Waals surface area contributed by atoms with Crippen LogP contribution in [-0.4, -0.2) is 24.1 Å². The van der Waals surface area contributed by atoms with Gasteiger partial charge in [-0.1, -0.05) is 34.1 Å². The Morgan fingerprint density at radius 3 is 2.62 bits per heavy atom. The molecule has 1 aromatic rings. The van der Waals surface area contributed by atoms with Crippen LogP contribution in [0.25, 0.3) is 0 Å². The highest BCUT2D eigenvalue weighted by Gasteiger charge is 2.30.